The van der Waals surface area contributed by atoms with Gasteiger partial charge in [0.25, 0.3) is 5.91 Å². The van der Waals surface area contributed by atoms with Crippen LogP contribution in [0.15, 0.2) is 36.4 Å². The zero-order valence-electron chi connectivity index (χ0n) is 17.1. The molecule has 1 aromatic heterocycles. The highest BCUT2D eigenvalue weighted by Crippen LogP contribution is 2.41. The van der Waals surface area contributed by atoms with Crippen molar-refractivity contribution in [1.29, 1.82) is 0 Å². The number of aliphatic carboxylic acids is 1. The number of phenols is 1. The SMILES string of the molecule is Cc1c(C(CC2CCCC2)C(=O)O)c2c(F)c(O)ccc2n1C(=O)c1cccc(F)c1. The summed E-state index contributed by atoms with van der Waals surface area (Å²) in [5.41, 5.74) is 0.671. The fraction of sp³-hybridized carbons (Fsp3) is 0.333. The van der Waals surface area contributed by atoms with E-state index in [1.54, 1.807) is 6.92 Å². The Kier molecular flexibility index (Phi) is 5.52. The third-order valence-corrected chi connectivity index (χ3v) is 6.30. The number of benzene rings is 2. The molecule has 4 rings (SSSR count). The Balaban J connectivity index is 1.94. The van der Waals surface area contributed by atoms with Crippen molar-refractivity contribution in [2.24, 2.45) is 5.92 Å². The first kappa shape index (κ1) is 21.0. The van der Waals surface area contributed by atoms with E-state index < -0.39 is 35.2 Å². The van der Waals surface area contributed by atoms with Crippen LogP contribution in [0.2, 0.25) is 0 Å². The molecule has 1 atom stereocenters. The number of halogens is 2. The maximum absolute atomic E-state index is 15.1. The molecule has 1 heterocycles. The Morgan fingerprint density at radius 2 is 1.87 bits per heavy atom. The average Bonchev–Trinajstić information content (AvgIpc) is 3.34. The molecule has 0 amide bonds. The van der Waals surface area contributed by atoms with Crippen LogP contribution in [0, 0.1) is 24.5 Å². The third-order valence-electron chi connectivity index (χ3n) is 6.30. The van der Waals surface area contributed by atoms with Crippen molar-refractivity contribution in [1.82, 2.24) is 4.57 Å². The minimum Gasteiger partial charge on any atom is -0.505 e. The minimum atomic E-state index is -1.10. The van der Waals surface area contributed by atoms with Gasteiger partial charge < -0.3 is 10.2 Å². The predicted octanol–water partition coefficient (Wildman–Crippen LogP) is 5.37. The van der Waals surface area contributed by atoms with Gasteiger partial charge in [-0.2, -0.15) is 0 Å². The Hall–Kier alpha value is -3.22. The molecular formula is C24H23F2NO4. The van der Waals surface area contributed by atoms with Crippen molar-refractivity contribution in [2.45, 2.75) is 44.9 Å². The third kappa shape index (κ3) is 3.69. The topological polar surface area (TPSA) is 79.5 Å². The molecule has 1 saturated carbocycles. The van der Waals surface area contributed by atoms with Crippen LogP contribution in [-0.2, 0) is 4.79 Å². The molecule has 0 spiro atoms. The van der Waals surface area contributed by atoms with Crippen molar-refractivity contribution in [3.05, 3.63) is 64.9 Å². The summed E-state index contributed by atoms with van der Waals surface area (Å²) in [5, 5.41) is 19.9. The summed E-state index contributed by atoms with van der Waals surface area (Å²) < 4.78 is 30.0. The first-order valence-corrected chi connectivity index (χ1v) is 10.3. The number of phenolic OH excluding ortho intramolecular Hbond substituents is 1. The second-order valence-corrected chi connectivity index (χ2v) is 8.22. The van der Waals surface area contributed by atoms with Crippen LogP contribution in [0.3, 0.4) is 0 Å². The quantitative estimate of drug-likeness (QED) is 0.574. The maximum Gasteiger partial charge on any atom is 0.311 e. The molecule has 0 saturated heterocycles. The van der Waals surface area contributed by atoms with Crippen molar-refractivity contribution in [3.8, 4) is 5.75 Å². The van der Waals surface area contributed by atoms with Crippen LogP contribution in [0.1, 0.15) is 59.6 Å². The van der Waals surface area contributed by atoms with E-state index in [2.05, 4.69) is 0 Å². The standard InChI is InChI=1S/C24H23F2NO4/c1-13-20(17(24(30)31)11-14-5-2-3-6-14)21-18(9-10-19(28)22(21)26)27(13)23(29)15-7-4-8-16(25)12-15/h4,7-10,12,14,17,28H,2-3,5-6,11H2,1H3,(H,30,31). The average molecular weight is 427 g/mol. The lowest BCUT2D eigenvalue weighted by molar-refractivity contribution is -0.139. The van der Waals surface area contributed by atoms with Crippen LogP contribution < -0.4 is 0 Å². The molecule has 7 heteroatoms. The fourth-order valence-corrected chi connectivity index (χ4v) is 4.84. The fourth-order valence-electron chi connectivity index (χ4n) is 4.84. The molecule has 2 N–H and O–H groups in total. The summed E-state index contributed by atoms with van der Waals surface area (Å²) in [5.74, 6) is -4.68. The molecule has 0 bridgehead atoms. The second kappa shape index (κ2) is 8.13. The van der Waals surface area contributed by atoms with Crippen LogP contribution in [0.4, 0.5) is 8.78 Å². The van der Waals surface area contributed by atoms with Gasteiger partial charge in [-0.3, -0.25) is 14.2 Å². The second-order valence-electron chi connectivity index (χ2n) is 8.22. The molecule has 2 aromatic carbocycles. The van der Waals surface area contributed by atoms with Crippen molar-refractivity contribution < 1.29 is 28.6 Å². The number of fused-ring (bicyclic) bond motifs is 1. The van der Waals surface area contributed by atoms with E-state index in [9.17, 15) is 24.2 Å². The summed E-state index contributed by atoms with van der Waals surface area (Å²) >= 11 is 0. The summed E-state index contributed by atoms with van der Waals surface area (Å²) in [6, 6.07) is 7.65. The first-order chi connectivity index (χ1) is 14.8. The minimum absolute atomic E-state index is 0.0581. The number of rotatable bonds is 5. The van der Waals surface area contributed by atoms with Gasteiger partial charge in [-0.05, 0) is 55.2 Å². The van der Waals surface area contributed by atoms with Gasteiger partial charge in [-0.1, -0.05) is 31.7 Å². The van der Waals surface area contributed by atoms with E-state index in [0.29, 0.717) is 6.42 Å². The lowest BCUT2D eigenvalue weighted by Crippen LogP contribution is -2.18. The maximum atomic E-state index is 15.1. The number of carbonyl (C=O) groups is 2. The van der Waals surface area contributed by atoms with Gasteiger partial charge in [0.15, 0.2) is 11.6 Å². The van der Waals surface area contributed by atoms with E-state index in [0.717, 1.165) is 37.8 Å². The summed E-state index contributed by atoms with van der Waals surface area (Å²) in [4.78, 5) is 25.5. The number of carboxylic acids is 1. The van der Waals surface area contributed by atoms with Crippen LogP contribution in [0.5, 0.6) is 5.75 Å². The van der Waals surface area contributed by atoms with Crippen molar-refractivity contribution in [2.75, 3.05) is 0 Å². The van der Waals surface area contributed by atoms with Gasteiger partial charge >= 0.3 is 5.97 Å². The Morgan fingerprint density at radius 1 is 1.16 bits per heavy atom. The number of hydrogen-bond donors (Lipinski definition) is 2. The van der Waals surface area contributed by atoms with E-state index in [1.807, 2.05) is 0 Å². The lowest BCUT2D eigenvalue weighted by Gasteiger charge is -2.18. The number of carbonyl (C=O) groups excluding carboxylic acids is 1. The number of hydrogen-bond acceptors (Lipinski definition) is 3. The largest absolute Gasteiger partial charge is 0.505 e. The molecule has 1 aliphatic carbocycles. The Morgan fingerprint density at radius 3 is 2.52 bits per heavy atom. The van der Waals surface area contributed by atoms with Gasteiger partial charge in [-0.15, -0.1) is 0 Å². The van der Waals surface area contributed by atoms with Gasteiger partial charge in [-0.25, -0.2) is 8.78 Å². The highest BCUT2D eigenvalue weighted by molar-refractivity contribution is 6.05. The molecule has 31 heavy (non-hydrogen) atoms. The molecular weight excluding hydrogens is 404 g/mol. The number of nitrogens with zero attached hydrogens (tertiary/aromatic N) is 1. The molecule has 1 fully saturated rings. The van der Waals surface area contributed by atoms with E-state index in [4.69, 9.17) is 0 Å². The van der Waals surface area contributed by atoms with Gasteiger partial charge in [0.2, 0.25) is 0 Å². The smallest absolute Gasteiger partial charge is 0.311 e. The lowest BCUT2D eigenvalue weighted by atomic mass is 9.86. The molecule has 162 valence electrons. The highest BCUT2D eigenvalue weighted by Gasteiger charge is 2.34. The van der Waals surface area contributed by atoms with Crippen LogP contribution >= 0.6 is 0 Å². The van der Waals surface area contributed by atoms with Gasteiger partial charge in [0.05, 0.1) is 11.4 Å². The number of aromatic nitrogens is 1. The molecule has 1 unspecified atom stereocenters. The molecule has 0 aliphatic heterocycles. The normalized spacial score (nSPS) is 15.5. The Labute approximate surface area is 177 Å². The molecule has 5 nitrogen and oxygen atoms in total. The summed E-state index contributed by atoms with van der Waals surface area (Å²) in [6.45, 7) is 1.56. The molecule has 0 radical (unpaired) electrons. The highest BCUT2D eigenvalue weighted by atomic mass is 19.1. The van der Waals surface area contributed by atoms with Crippen molar-refractivity contribution >= 4 is 22.8 Å². The number of carboxylic acid groups (broad SMARTS) is 1. The molecule has 3 aromatic rings. The monoisotopic (exact) mass is 427 g/mol. The summed E-state index contributed by atoms with van der Waals surface area (Å²) in [7, 11) is 0. The summed E-state index contributed by atoms with van der Waals surface area (Å²) in [6.07, 6.45) is 4.23. The zero-order valence-corrected chi connectivity index (χ0v) is 17.1. The van der Waals surface area contributed by atoms with E-state index in [-0.39, 0.29) is 33.6 Å². The van der Waals surface area contributed by atoms with Gasteiger partial charge in [0, 0.05) is 16.6 Å². The number of aromatic hydroxyl groups is 1. The van der Waals surface area contributed by atoms with Crippen LogP contribution in [0.25, 0.3) is 10.9 Å². The van der Waals surface area contributed by atoms with Crippen LogP contribution in [-0.4, -0.2) is 26.7 Å². The first-order valence-electron chi connectivity index (χ1n) is 10.3. The predicted molar refractivity (Wildman–Crippen MR) is 111 cm³/mol. The van der Waals surface area contributed by atoms with Crippen molar-refractivity contribution in [3.63, 3.8) is 0 Å². The van der Waals surface area contributed by atoms with E-state index >= 15 is 4.39 Å². The molecule has 1 aliphatic rings. The van der Waals surface area contributed by atoms with Gasteiger partial charge in [0.1, 0.15) is 5.82 Å². The van der Waals surface area contributed by atoms with E-state index in [1.165, 1.54) is 28.8 Å². The zero-order chi connectivity index (χ0) is 22.3. The Bertz CT molecular complexity index is 1180.